The van der Waals surface area contributed by atoms with Crippen LogP contribution in [-0.2, 0) is 6.42 Å². The van der Waals surface area contributed by atoms with Crippen LogP contribution in [0.5, 0.6) is 0 Å². The van der Waals surface area contributed by atoms with Gasteiger partial charge in [0.05, 0.1) is 18.7 Å². The lowest BCUT2D eigenvalue weighted by Gasteiger charge is -2.36. The molecule has 1 N–H and O–H groups in total. The summed E-state index contributed by atoms with van der Waals surface area (Å²) in [6.45, 7) is 6.15. The number of nitrogens with zero attached hydrogens (tertiary/aromatic N) is 3. The van der Waals surface area contributed by atoms with Crippen LogP contribution in [0.4, 0.5) is 0 Å². The fourth-order valence-corrected chi connectivity index (χ4v) is 4.22. The molecule has 0 radical (unpaired) electrons. The number of hydrogen-bond donors (Lipinski definition) is 1. The number of piperidine rings is 1. The van der Waals surface area contributed by atoms with Gasteiger partial charge < -0.3 is 14.9 Å². The summed E-state index contributed by atoms with van der Waals surface area (Å²) >= 11 is 0. The molecule has 0 spiro atoms. The van der Waals surface area contributed by atoms with Crippen LogP contribution >= 0.6 is 0 Å². The molecule has 3 heterocycles. The standard InChI is InChI=1S/C20H27N3O/c1-20(14-24)13-21-19-18(16-7-10-22(2)11-8-16)17-6-4-3-5-15(17)9-12-23(19)20/h3-6,24H,7-14H2,1-2H3. The van der Waals surface area contributed by atoms with Crippen molar-refractivity contribution in [1.29, 1.82) is 0 Å². The van der Waals surface area contributed by atoms with Crippen LogP contribution in [0, 0.1) is 0 Å². The summed E-state index contributed by atoms with van der Waals surface area (Å²) in [5.41, 5.74) is 5.41. The lowest BCUT2D eigenvalue weighted by Crippen LogP contribution is -2.50. The lowest BCUT2D eigenvalue weighted by molar-refractivity contribution is 0.119. The third-order valence-electron chi connectivity index (χ3n) is 5.88. The van der Waals surface area contributed by atoms with E-state index in [1.165, 1.54) is 22.3 Å². The molecule has 0 amide bonds. The molecule has 3 aliphatic heterocycles. The molecule has 3 aliphatic rings. The summed E-state index contributed by atoms with van der Waals surface area (Å²) in [6.07, 6.45) is 3.24. The van der Waals surface area contributed by atoms with Gasteiger partial charge in [0.25, 0.3) is 0 Å². The molecule has 0 aromatic heterocycles. The monoisotopic (exact) mass is 325 g/mol. The van der Waals surface area contributed by atoms with Crippen LogP contribution in [0.1, 0.15) is 30.9 Å². The predicted octanol–water partition coefficient (Wildman–Crippen LogP) is 2.19. The van der Waals surface area contributed by atoms with Gasteiger partial charge in [-0.05, 0) is 44.4 Å². The number of aliphatic hydroxyl groups excluding tert-OH is 1. The number of amidine groups is 1. The number of likely N-dealkylation sites (tertiary alicyclic amines) is 1. The van der Waals surface area contributed by atoms with Gasteiger partial charge in [0.15, 0.2) is 0 Å². The predicted molar refractivity (Wildman–Crippen MR) is 98.3 cm³/mol. The maximum Gasteiger partial charge on any atom is 0.132 e. The first-order valence-electron chi connectivity index (χ1n) is 9.04. The highest BCUT2D eigenvalue weighted by Crippen LogP contribution is 2.38. The Bertz CT molecular complexity index is 699. The highest BCUT2D eigenvalue weighted by molar-refractivity contribution is 6.25. The van der Waals surface area contributed by atoms with Gasteiger partial charge in [-0.2, -0.15) is 0 Å². The summed E-state index contributed by atoms with van der Waals surface area (Å²) in [4.78, 5) is 9.70. The minimum atomic E-state index is -0.255. The van der Waals surface area contributed by atoms with Crippen LogP contribution in [-0.4, -0.2) is 66.1 Å². The number of aliphatic imine (C=N–C) groups is 1. The number of fused-ring (bicyclic) bond motifs is 2. The van der Waals surface area contributed by atoms with Crippen molar-refractivity contribution in [2.24, 2.45) is 4.99 Å². The van der Waals surface area contributed by atoms with Crippen LogP contribution in [0.25, 0.3) is 5.57 Å². The van der Waals surface area contributed by atoms with Crippen molar-refractivity contribution in [1.82, 2.24) is 9.80 Å². The topological polar surface area (TPSA) is 39.1 Å². The zero-order chi connectivity index (χ0) is 16.7. The van der Waals surface area contributed by atoms with E-state index in [-0.39, 0.29) is 12.1 Å². The maximum atomic E-state index is 9.97. The summed E-state index contributed by atoms with van der Waals surface area (Å²) < 4.78 is 0. The molecule has 1 unspecified atom stereocenters. The van der Waals surface area contributed by atoms with E-state index >= 15 is 0 Å². The molecule has 0 saturated carbocycles. The first-order valence-corrected chi connectivity index (χ1v) is 9.04. The molecular formula is C20H27N3O. The van der Waals surface area contributed by atoms with Crippen molar-refractivity contribution in [3.05, 3.63) is 41.0 Å². The van der Waals surface area contributed by atoms with Crippen molar-refractivity contribution in [2.45, 2.75) is 31.7 Å². The maximum absolute atomic E-state index is 9.97. The molecule has 128 valence electrons. The molecule has 1 aromatic carbocycles. The van der Waals surface area contributed by atoms with E-state index in [2.05, 4.69) is 48.0 Å². The third kappa shape index (κ3) is 2.49. The minimum absolute atomic E-state index is 0.154. The van der Waals surface area contributed by atoms with Crippen molar-refractivity contribution in [2.75, 3.05) is 39.8 Å². The van der Waals surface area contributed by atoms with Crippen LogP contribution in [0.3, 0.4) is 0 Å². The Morgan fingerprint density at radius 1 is 1.12 bits per heavy atom. The molecule has 1 saturated heterocycles. The largest absolute Gasteiger partial charge is 0.394 e. The molecule has 0 bridgehead atoms. The van der Waals surface area contributed by atoms with Gasteiger partial charge in [-0.25, -0.2) is 0 Å². The summed E-state index contributed by atoms with van der Waals surface area (Å²) in [5, 5.41) is 9.97. The van der Waals surface area contributed by atoms with Gasteiger partial charge in [-0.3, -0.25) is 4.99 Å². The number of benzene rings is 1. The Labute approximate surface area is 144 Å². The molecule has 1 atom stereocenters. The minimum Gasteiger partial charge on any atom is -0.394 e. The first kappa shape index (κ1) is 15.9. The first-order chi connectivity index (χ1) is 11.6. The number of rotatable bonds is 1. The van der Waals surface area contributed by atoms with Gasteiger partial charge >= 0.3 is 0 Å². The molecule has 4 heteroatoms. The van der Waals surface area contributed by atoms with Crippen LogP contribution in [0.15, 0.2) is 34.8 Å². The molecule has 1 fully saturated rings. The highest BCUT2D eigenvalue weighted by Gasteiger charge is 2.41. The SMILES string of the molecule is CN1CCC(=C2C3=NCC(C)(CO)N3CCc3ccccc32)CC1. The fraction of sp³-hybridized carbons (Fsp3) is 0.550. The summed E-state index contributed by atoms with van der Waals surface area (Å²) in [7, 11) is 2.20. The Hall–Kier alpha value is -1.65. The van der Waals surface area contributed by atoms with Crippen molar-refractivity contribution >= 4 is 11.4 Å². The van der Waals surface area contributed by atoms with Gasteiger partial charge in [0.1, 0.15) is 5.84 Å². The van der Waals surface area contributed by atoms with Gasteiger partial charge in [0.2, 0.25) is 0 Å². The second-order valence-corrected chi connectivity index (χ2v) is 7.64. The average molecular weight is 325 g/mol. The van der Waals surface area contributed by atoms with Crippen molar-refractivity contribution in [3.63, 3.8) is 0 Å². The normalized spacial score (nSPS) is 27.6. The van der Waals surface area contributed by atoms with E-state index in [0.717, 1.165) is 44.7 Å². The molecular weight excluding hydrogens is 298 g/mol. The van der Waals surface area contributed by atoms with Crippen LogP contribution in [0.2, 0.25) is 0 Å². The van der Waals surface area contributed by atoms with Gasteiger partial charge in [-0.15, -0.1) is 0 Å². The smallest absolute Gasteiger partial charge is 0.132 e. The van der Waals surface area contributed by atoms with E-state index in [4.69, 9.17) is 4.99 Å². The van der Waals surface area contributed by atoms with Gasteiger partial charge in [0, 0.05) is 25.2 Å². The van der Waals surface area contributed by atoms with Gasteiger partial charge in [-0.1, -0.05) is 29.8 Å². The summed E-state index contributed by atoms with van der Waals surface area (Å²) in [6, 6.07) is 8.80. The summed E-state index contributed by atoms with van der Waals surface area (Å²) in [5.74, 6) is 1.12. The Balaban J connectivity index is 1.85. The molecule has 4 nitrogen and oxygen atoms in total. The molecule has 0 aliphatic carbocycles. The lowest BCUT2D eigenvalue weighted by atomic mass is 9.90. The zero-order valence-electron chi connectivity index (χ0n) is 14.8. The fourth-order valence-electron chi connectivity index (χ4n) is 4.22. The third-order valence-corrected chi connectivity index (χ3v) is 5.88. The Kier molecular flexibility index (Phi) is 3.97. The van der Waals surface area contributed by atoms with E-state index in [1.807, 2.05) is 0 Å². The van der Waals surface area contributed by atoms with Crippen LogP contribution < -0.4 is 0 Å². The molecule has 1 aromatic rings. The van der Waals surface area contributed by atoms with E-state index in [1.54, 1.807) is 0 Å². The second kappa shape index (κ2) is 6.01. The van der Waals surface area contributed by atoms with E-state index < -0.39 is 0 Å². The van der Waals surface area contributed by atoms with Crippen molar-refractivity contribution in [3.8, 4) is 0 Å². The number of hydrogen-bond acceptors (Lipinski definition) is 4. The molecule has 24 heavy (non-hydrogen) atoms. The van der Waals surface area contributed by atoms with Crippen molar-refractivity contribution < 1.29 is 5.11 Å². The quantitative estimate of drug-likeness (QED) is 0.860. The number of aliphatic hydroxyl groups is 1. The Morgan fingerprint density at radius 3 is 2.62 bits per heavy atom. The highest BCUT2D eigenvalue weighted by atomic mass is 16.3. The average Bonchev–Trinajstić information content (AvgIpc) is 2.83. The Morgan fingerprint density at radius 2 is 1.88 bits per heavy atom. The second-order valence-electron chi connectivity index (χ2n) is 7.64. The van der Waals surface area contributed by atoms with E-state index in [0.29, 0.717) is 6.54 Å². The zero-order valence-corrected chi connectivity index (χ0v) is 14.8. The molecule has 4 rings (SSSR count). The van der Waals surface area contributed by atoms with E-state index in [9.17, 15) is 5.11 Å².